The molecular formula is C22H28FN5O. The summed E-state index contributed by atoms with van der Waals surface area (Å²) in [6, 6.07) is 7.07. The lowest BCUT2D eigenvalue weighted by Crippen LogP contribution is -2.54. The van der Waals surface area contributed by atoms with E-state index >= 15 is 0 Å². The number of nitrogen functional groups attached to an aromatic ring is 1. The largest absolute Gasteiger partial charge is 0.384 e. The molecular weight excluding hydrogens is 369 g/mol. The number of carbonyl (C=O) groups is 1. The molecule has 1 aliphatic heterocycles. The minimum absolute atomic E-state index is 0.0640. The third-order valence-corrected chi connectivity index (χ3v) is 6.23. The molecule has 0 bridgehead atoms. The van der Waals surface area contributed by atoms with Crippen molar-refractivity contribution in [3.63, 3.8) is 0 Å². The highest BCUT2D eigenvalue weighted by Crippen LogP contribution is 2.39. The Balaban J connectivity index is 1.73. The second kappa shape index (κ2) is 7.63. The molecule has 154 valence electrons. The number of pyridine rings is 1. The predicted octanol–water partition coefficient (Wildman–Crippen LogP) is 3.93. The normalized spacial score (nSPS) is 22.2. The van der Waals surface area contributed by atoms with E-state index in [1.807, 2.05) is 17.9 Å². The number of hydrogen-bond acceptors (Lipinski definition) is 4. The van der Waals surface area contributed by atoms with Crippen LogP contribution in [0.15, 0.2) is 30.5 Å². The molecule has 7 heteroatoms. The molecule has 1 aromatic heterocycles. The first-order valence-electron chi connectivity index (χ1n) is 10.1. The van der Waals surface area contributed by atoms with Crippen molar-refractivity contribution in [1.29, 1.82) is 0 Å². The van der Waals surface area contributed by atoms with Crippen LogP contribution in [0.5, 0.6) is 0 Å². The quantitative estimate of drug-likeness (QED) is 0.852. The van der Waals surface area contributed by atoms with Gasteiger partial charge in [0.15, 0.2) is 0 Å². The maximum atomic E-state index is 14.7. The Morgan fingerprint density at radius 2 is 1.93 bits per heavy atom. The summed E-state index contributed by atoms with van der Waals surface area (Å²) in [6.07, 6.45) is 5.56. The number of anilines is 3. The van der Waals surface area contributed by atoms with Crippen molar-refractivity contribution in [1.82, 2.24) is 9.88 Å². The number of hydrogen-bond donors (Lipinski definition) is 1. The van der Waals surface area contributed by atoms with Gasteiger partial charge in [-0.3, -0.25) is 9.80 Å². The standard InChI is InChI=1S/C22H28FN5O/c1-14-5-4-6-18(23)21(14)27-13-15-12-25-20(24)11-19(15)28(22(27)29)17-9-7-16(8-10-17)26(2)3/h4-6,11-12,16-17H,7-10,13H2,1-3H3,(H2,24,25)/t16-,17+. The van der Waals surface area contributed by atoms with Crippen LogP contribution in [-0.2, 0) is 6.54 Å². The van der Waals surface area contributed by atoms with Crippen molar-refractivity contribution in [2.45, 2.75) is 51.2 Å². The Morgan fingerprint density at radius 1 is 1.21 bits per heavy atom. The lowest BCUT2D eigenvalue weighted by atomic mass is 9.88. The first-order chi connectivity index (χ1) is 13.9. The van der Waals surface area contributed by atoms with Gasteiger partial charge in [-0.15, -0.1) is 0 Å². The fourth-order valence-corrected chi connectivity index (χ4v) is 4.63. The van der Waals surface area contributed by atoms with Gasteiger partial charge in [-0.25, -0.2) is 14.2 Å². The summed E-state index contributed by atoms with van der Waals surface area (Å²) in [5.41, 5.74) is 8.71. The van der Waals surface area contributed by atoms with Crippen LogP contribution in [0.25, 0.3) is 0 Å². The molecule has 2 aliphatic rings. The summed E-state index contributed by atoms with van der Waals surface area (Å²) in [6.45, 7) is 2.11. The van der Waals surface area contributed by atoms with Crippen LogP contribution in [0.1, 0.15) is 36.8 Å². The minimum atomic E-state index is -0.388. The highest BCUT2D eigenvalue weighted by molar-refractivity contribution is 6.07. The van der Waals surface area contributed by atoms with Crippen LogP contribution < -0.4 is 15.5 Å². The summed E-state index contributed by atoms with van der Waals surface area (Å²) < 4.78 is 14.7. The van der Waals surface area contributed by atoms with Crippen molar-refractivity contribution in [3.8, 4) is 0 Å². The molecule has 1 aromatic carbocycles. The van der Waals surface area contributed by atoms with Gasteiger partial charge in [0.05, 0.1) is 17.9 Å². The average molecular weight is 397 g/mol. The van der Waals surface area contributed by atoms with Crippen molar-refractivity contribution >= 4 is 23.2 Å². The van der Waals surface area contributed by atoms with E-state index < -0.39 is 0 Å². The number of aryl methyl sites for hydroxylation is 1. The van der Waals surface area contributed by atoms with Gasteiger partial charge >= 0.3 is 6.03 Å². The Labute approximate surface area is 171 Å². The van der Waals surface area contributed by atoms with E-state index in [0.29, 0.717) is 17.5 Å². The van der Waals surface area contributed by atoms with Crippen LogP contribution in [0.2, 0.25) is 0 Å². The first kappa shape index (κ1) is 19.6. The lowest BCUT2D eigenvalue weighted by molar-refractivity contribution is 0.209. The second-order valence-corrected chi connectivity index (χ2v) is 8.31. The van der Waals surface area contributed by atoms with Gasteiger partial charge < -0.3 is 10.6 Å². The van der Waals surface area contributed by atoms with Crippen molar-refractivity contribution in [2.24, 2.45) is 0 Å². The molecule has 1 saturated carbocycles. The van der Waals surface area contributed by atoms with Crippen LogP contribution in [-0.4, -0.2) is 42.1 Å². The fourth-order valence-electron chi connectivity index (χ4n) is 4.63. The smallest absolute Gasteiger partial charge is 0.329 e. The average Bonchev–Trinajstić information content (AvgIpc) is 2.68. The maximum Gasteiger partial charge on any atom is 0.329 e. The number of halogens is 1. The zero-order valence-electron chi connectivity index (χ0n) is 17.2. The number of aromatic nitrogens is 1. The summed E-state index contributed by atoms with van der Waals surface area (Å²) in [4.78, 5) is 23.5. The third kappa shape index (κ3) is 3.55. The molecule has 0 radical (unpaired) electrons. The monoisotopic (exact) mass is 397 g/mol. The van der Waals surface area contributed by atoms with Gasteiger partial charge in [-0.05, 0) is 58.3 Å². The molecule has 0 unspecified atom stereocenters. The molecule has 2 N–H and O–H groups in total. The Hall–Kier alpha value is -2.67. The SMILES string of the molecule is Cc1cccc(F)c1N1Cc2cnc(N)cc2N([C@H]2CC[C@@H](N(C)C)CC2)C1=O. The second-order valence-electron chi connectivity index (χ2n) is 8.31. The first-order valence-corrected chi connectivity index (χ1v) is 10.1. The molecule has 29 heavy (non-hydrogen) atoms. The Kier molecular flexibility index (Phi) is 5.17. The number of benzene rings is 1. The molecule has 2 amide bonds. The van der Waals surface area contributed by atoms with Gasteiger partial charge in [-0.2, -0.15) is 0 Å². The molecule has 1 fully saturated rings. The van der Waals surface area contributed by atoms with E-state index in [4.69, 9.17) is 5.73 Å². The lowest BCUT2D eigenvalue weighted by Gasteiger charge is -2.44. The molecule has 0 atom stereocenters. The van der Waals surface area contributed by atoms with Crippen molar-refractivity contribution in [2.75, 3.05) is 29.6 Å². The van der Waals surface area contributed by atoms with Gasteiger partial charge in [0, 0.05) is 29.9 Å². The number of fused-ring (bicyclic) bond motifs is 1. The molecule has 0 saturated heterocycles. The summed E-state index contributed by atoms with van der Waals surface area (Å²) in [5, 5.41) is 0. The highest BCUT2D eigenvalue weighted by Gasteiger charge is 2.39. The molecule has 2 heterocycles. The fraction of sp³-hybridized carbons (Fsp3) is 0.455. The van der Waals surface area contributed by atoms with Crippen molar-refractivity contribution < 1.29 is 9.18 Å². The maximum absolute atomic E-state index is 14.7. The van der Waals surface area contributed by atoms with Gasteiger partial charge in [0.25, 0.3) is 0 Å². The Morgan fingerprint density at radius 3 is 2.59 bits per heavy atom. The summed E-state index contributed by atoms with van der Waals surface area (Å²) in [5.74, 6) is 0.000481. The van der Waals surface area contributed by atoms with Gasteiger partial charge in [0.2, 0.25) is 0 Å². The van der Waals surface area contributed by atoms with E-state index in [1.54, 1.807) is 23.2 Å². The zero-order chi connectivity index (χ0) is 20.7. The minimum Gasteiger partial charge on any atom is -0.384 e. The zero-order valence-corrected chi connectivity index (χ0v) is 17.2. The Bertz CT molecular complexity index is 903. The van der Waals surface area contributed by atoms with Crippen LogP contribution in [0, 0.1) is 12.7 Å². The van der Waals surface area contributed by atoms with Crippen LogP contribution in [0.3, 0.4) is 0 Å². The number of carbonyl (C=O) groups excluding carboxylic acids is 1. The van der Waals surface area contributed by atoms with E-state index in [0.717, 1.165) is 42.5 Å². The molecule has 2 aromatic rings. The van der Waals surface area contributed by atoms with Crippen LogP contribution in [0.4, 0.5) is 26.4 Å². The molecule has 6 nitrogen and oxygen atoms in total. The summed E-state index contributed by atoms with van der Waals surface area (Å²) in [7, 11) is 4.20. The number of nitrogens with two attached hydrogens (primary N) is 1. The predicted molar refractivity (Wildman–Crippen MR) is 114 cm³/mol. The van der Waals surface area contributed by atoms with E-state index in [2.05, 4.69) is 24.0 Å². The van der Waals surface area contributed by atoms with E-state index in [1.165, 1.54) is 6.07 Å². The van der Waals surface area contributed by atoms with Crippen molar-refractivity contribution in [3.05, 3.63) is 47.4 Å². The summed E-state index contributed by atoms with van der Waals surface area (Å²) >= 11 is 0. The highest BCUT2D eigenvalue weighted by atomic mass is 19.1. The van der Waals surface area contributed by atoms with Gasteiger partial charge in [-0.1, -0.05) is 12.1 Å². The topological polar surface area (TPSA) is 65.7 Å². The van der Waals surface area contributed by atoms with E-state index in [9.17, 15) is 9.18 Å². The molecule has 4 rings (SSSR count). The van der Waals surface area contributed by atoms with E-state index in [-0.39, 0.29) is 24.4 Å². The third-order valence-electron chi connectivity index (χ3n) is 6.23. The number of nitrogens with zero attached hydrogens (tertiary/aromatic N) is 4. The van der Waals surface area contributed by atoms with Crippen LogP contribution >= 0.6 is 0 Å². The number of urea groups is 1. The number of amides is 2. The van der Waals surface area contributed by atoms with Gasteiger partial charge in [0.1, 0.15) is 11.6 Å². The number of para-hydroxylation sites is 1. The number of rotatable bonds is 3. The molecule has 1 aliphatic carbocycles. The molecule has 0 spiro atoms.